The molecule has 1 aliphatic heterocycles. The molecule has 3 N–H and O–H groups in total. The van der Waals surface area contributed by atoms with Crippen LogP contribution in [0, 0.1) is 11.3 Å². The summed E-state index contributed by atoms with van der Waals surface area (Å²) in [6.07, 6.45) is 1.36. The lowest BCUT2D eigenvalue weighted by Crippen LogP contribution is -2.54. The van der Waals surface area contributed by atoms with Gasteiger partial charge in [0.2, 0.25) is 0 Å². The predicted molar refractivity (Wildman–Crippen MR) is 100 cm³/mol. The molecule has 0 radical (unpaired) electrons. The molecular weight excluding hydrogens is 332 g/mol. The Bertz CT molecular complexity index is 612. The highest BCUT2D eigenvalue weighted by Crippen LogP contribution is 2.29. The normalized spacial score (nSPS) is 22.0. The molecule has 144 valence electrons. The van der Waals surface area contributed by atoms with Crippen LogP contribution in [0.5, 0.6) is 0 Å². The van der Waals surface area contributed by atoms with Gasteiger partial charge in [0.25, 0.3) is 0 Å². The first-order valence-corrected chi connectivity index (χ1v) is 9.19. The van der Waals surface area contributed by atoms with Crippen molar-refractivity contribution in [2.24, 2.45) is 11.3 Å². The highest BCUT2D eigenvalue weighted by molar-refractivity contribution is 5.73. The van der Waals surface area contributed by atoms with Crippen molar-refractivity contribution in [1.29, 1.82) is 0 Å². The van der Waals surface area contributed by atoms with Crippen LogP contribution in [0.4, 0.5) is 4.79 Å². The van der Waals surface area contributed by atoms with E-state index in [1.54, 1.807) is 0 Å². The number of hydrogen-bond donors (Lipinski definition) is 3. The second-order valence-corrected chi connectivity index (χ2v) is 8.30. The Morgan fingerprint density at radius 3 is 2.42 bits per heavy atom. The molecule has 0 spiro atoms. The molecule has 1 amide bonds. The largest absolute Gasteiger partial charge is 0.481 e. The fraction of sp³-hybridized carbons (Fsp3) is 0.600. The Hall–Kier alpha value is -2.08. The molecule has 0 unspecified atom stereocenters. The number of aliphatic carboxylic acids is 1. The number of piperidine rings is 1. The molecule has 26 heavy (non-hydrogen) atoms. The quantitative estimate of drug-likeness (QED) is 0.719. The number of carbonyl (C=O) groups is 2. The van der Waals surface area contributed by atoms with E-state index in [1.807, 2.05) is 18.2 Å². The van der Waals surface area contributed by atoms with Crippen LogP contribution in [0.2, 0.25) is 0 Å². The number of hydrogen-bond acceptors (Lipinski definition) is 3. The zero-order valence-corrected chi connectivity index (χ0v) is 15.8. The van der Waals surface area contributed by atoms with E-state index in [2.05, 4.69) is 38.2 Å². The first-order valence-electron chi connectivity index (χ1n) is 9.19. The number of likely N-dealkylation sites (tertiary alicyclic amines) is 1. The minimum atomic E-state index is -1.05. The van der Waals surface area contributed by atoms with Crippen LogP contribution in [0.1, 0.15) is 51.6 Å². The third-order valence-corrected chi connectivity index (χ3v) is 5.00. The molecule has 1 aromatic rings. The summed E-state index contributed by atoms with van der Waals surface area (Å²) in [4.78, 5) is 24.1. The smallest absolute Gasteiger partial charge is 0.407 e. The number of rotatable bonds is 6. The lowest BCUT2D eigenvalue weighted by Gasteiger charge is -2.38. The summed E-state index contributed by atoms with van der Waals surface area (Å²) in [5, 5.41) is 22.3. The van der Waals surface area contributed by atoms with Gasteiger partial charge in [0.05, 0.1) is 5.92 Å². The second kappa shape index (κ2) is 8.54. The Kier molecular flexibility index (Phi) is 6.64. The van der Waals surface area contributed by atoms with Crippen molar-refractivity contribution in [1.82, 2.24) is 10.2 Å². The van der Waals surface area contributed by atoms with E-state index >= 15 is 0 Å². The number of benzene rings is 1. The van der Waals surface area contributed by atoms with Gasteiger partial charge < -0.3 is 20.4 Å². The van der Waals surface area contributed by atoms with Crippen molar-refractivity contribution >= 4 is 12.1 Å². The molecule has 6 heteroatoms. The Balaban J connectivity index is 2.15. The monoisotopic (exact) mass is 362 g/mol. The van der Waals surface area contributed by atoms with E-state index in [0.717, 1.165) is 18.4 Å². The number of carboxylic acid groups (broad SMARTS) is 2. The topological polar surface area (TPSA) is 89.9 Å². The molecule has 1 fully saturated rings. The number of amides is 1. The Morgan fingerprint density at radius 1 is 1.23 bits per heavy atom. The van der Waals surface area contributed by atoms with Gasteiger partial charge in [-0.05, 0) is 30.2 Å². The molecule has 1 aromatic carbocycles. The third kappa shape index (κ3) is 5.73. The van der Waals surface area contributed by atoms with Crippen molar-refractivity contribution < 1.29 is 19.8 Å². The van der Waals surface area contributed by atoms with Crippen LogP contribution in [0.25, 0.3) is 0 Å². The molecule has 1 saturated heterocycles. The van der Waals surface area contributed by atoms with Crippen molar-refractivity contribution in [3.8, 4) is 0 Å². The summed E-state index contributed by atoms with van der Waals surface area (Å²) in [5.74, 6) is -1.68. The maximum atomic E-state index is 11.7. The average molecular weight is 362 g/mol. The number of nitrogens with one attached hydrogen (secondary N) is 1. The Morgan fingerprint density at radius 2 is 1.88 bits per heavy atom. The van der Waals surface area contributed by atoms with Gasteiger partial charge in [-0.25, -0.2) is 4.79 Å². The highest BCUT2D eigenvalue weighted by atomic mass is 16.4. The minimum absolute atomic E-state index is 0.0309. The molecule has 0 aliphatic carbocycles. The van der Waals surface area contributed by atoms with E-state index in [0.29, 0.717) is 13.0 Å². The van der Waals surface area contributed by atoms with Crippen LogP contribution < -0.4 is 5.32 Å². The van der Waals surface area contributed by atoms with Crippen LogP contribution in [-0.4, -0.2) is 46.3 Å². The SMILES string of the molecule is CC(C)(C)CC[C@H](N[C@H]1CCN(C(=O)O)C[C@@H]1C(=O)O)c1ccccc1. The van der Waals surface area contributed by atoms with E-state index in [9.17, 15) is 19.8 Å². The lowest BCUT2D eigenvalue weighted by molar-refractivity contribution is -0.144. The predicted octanol–water partition coefficient (Wildman–Crippen LogP) is 3.60. The maximum Gasteiger partial charge on any atom is 0.407 e. The van der Waals surface area contributed by atoms with Crippen molar-refractivity contribution in [3.05, 3.63) is 35.9 Å². The van der Waals surface area contributed by atoms with Crippen LogP contribution in [0.3, 0.4) is 0 Å². The van der Waals surface area contributed by atoms with Gasteiger partial charge in [0.15, 0.2) is 0 Å². The molecule has 6 nitrogen and oxygen atoms in total. The first kappa shape index (κ1) is 20.2. The van der Waals surface area contributed by atoms with Gasteiger partial charge in [-0.15, -0.1) is 0 Å². The van der Waals surface area contributed by atoms with E-state index in [4.69, 9.17) is 0 Å². The maximum absolute atomic E-state index is 11.7. The molecule has 1 heterocycles. The van der Waals surface area contributed by atoms with Crippen molar-refractivity contribution in [2.75, 3.05) is 13.1 Å². The summed E-state index contributed by atoms with van der Waals surface area (Å²) < 4.78 is 0. The summed E-state index contributed by atoms with van der Waals surface area (Å²) in [5.41, 5.74) is 1.33. The van der Waals surface area contributed by atoms with Gasteiger partial charge >= 0.3 is 12.1 Å². The summed E-state index contributed by atoms with van der Waals surface area (Å²) in [6.45, 7) is 6.97. The van der Waals surface area contributed by atoms with Crippen molar-refractivity contribution in [2.45, 2.75) is 52.1 Å². The van der Waals surface area contributed by atoms with E-state index < -0.39 is 18.0 Å². The standard InChI is InChI=1S/C20H30N2O4/c1-20(2,3)11-9-16(14-7-5-4-6-8-14)21-17-10-12-22(19(25)26)13-15(17)18(23)24/h4-8,15-17,21H,9-13H2,1-3H3,(H,23,24)(H,25,26)/t15-,16-,17-/m0/s1. The van der Waals surface area contributed by atoms with Gasteiger partial charge in [-0.2, -0.15) is 0 Å². The molecule has 2 rings (SSSR count). The third-order valence-electron chi connectivity index (χ3n) is 5.00. The van der Waals surface area contributed by atoms with E-state index in [-0.39, 0.29) is 24.0 Å². The van der Waals surface area contributed by atoms with Gasteiger partial charge in [0.1, 0.15) is 0 Å². The minimum Gasteiger partial charge on any atom is -0.481 e. The van der Waals surface area contributed by atoms with E-state index in [1.165, 1.54) is 4.90 Å². The molecule has 3 atom stereocenters. The lowest BCUT2D eigenvalue weighted by atomic mass is 9.85. The fourth-order valence-corrected chi connectivity index (χ4v) is 3.44. The van der Waals surface area contributed by atoms with Crippen LogP contribution in [0.15, 0.2) is 30.3 Å². The Labute approximate surface area is 155 Å². The first-order chi connectivity index (χ1) is 12.2. The average Bonchev–Trinajstić information content (AvgIpc) is 2.58. The van der Waals surface area contributed by atoms with Crippen LogP contribution >= 0.6 is 0 Å². The van der Waals surface area contributed by atoms with Crippen molar-refractivity contribution in [3.63, 3.8) is 0 Å². The zero-order chi connectivity index (χ0) is 19.3. The van der Waals surface area contributed by atoms with Gasteiger partial charge in [-0.3, -0.25) is 4.79 Å². The summed E-state index contributed by atoms with van der Waals surface area (Å²) in [6, 6.07) is 9.87. The molecule has 1 aliphatic rings. The number of nitrogens with zero attached hydrogens (tertiary/aromatic N) is 1. The zero-order valence-electron chi connectivity index (χ0n) is 15.8. The summed E-state index contributed by atoms with van der Waals surface area (Å²) >= 11 is 0. The molecule has 0 saturated carbocycles. The van der Waals surface area contributed by atoms with Gasteiger partial charge in [-0.1, -0.05) is 51.1 Å². The van der Waals surface area contributed by atoms with Gasteiger partial charge in [0, 0.05) is 25.2 Å². The molecular formula is C20H30N2O4. The molecule has 0 bridgehead atoms. The number of carboxylic acids is 1. The fourth-order valence-electron chi connectivity index (χ4n) is 3.44. The highest BCUT2D eigenvalue weighted by Gasteiger charge is 2.37. The molecule has 0 aromatic heterocycles. The second-order valence-electron chi connectivity index (χ2n) is 8.30. The summed E-state index contributed by atoms with van der Waals surface area (Å²) in [7, 11) is 0. The van der Waals surface area contributed by atoms with Crippen LogP contribution in [-0.2, 0) is 4.79 Å².